The molecule has 142 valence electrons. The van der Waals surface area contributed by atoms with Crippen LogP contribution in [0.5, 0.6) is 11.5 Å². The summed E-state index contributed by atoms with van der Waals surface area (Å²) in [5.41, 5.74) is 5.15. The zero-order chi connectivity index (χ0) is 19.1. The zero-order valence-corrected chi connectivity index (χ0v) is 15.0. The van der Waals surface area contributed by atoms with Gasteiger partial charge in [-0.05, 0) is 30.9 Å². The molecule has 0 radical (unpaired) electrons. The predicted octanol–water partition coefficient (Wildman–Crippen LogP) is 3.89. The number of nitrogens with two attached hydrogens (primary N) is 1. The molecule has 2 heterocycles. The number of ether oxygens (including phenoxy) is 2. The van der Waals surface area contributed by atoms with Gasteiger partial charge in [0.1, 0.15) is 22.6 Å². The summed E-state index contributed by atoms with van der Waals surface area (Å²) in [6, 6.07) is 0. The highest BCUT2D eigenvalue weighted by Gasteiger charge is 2.42. The monoisotopic (exact) mass is 390 g/mol. The van der Waals surface area contributed by atoms with Crippen LogP contribution >= 0.6 is 11.6 Å². The third kappa shape index (κ3) is 3.04. The first-order chi connectivity index (χ1) is 12.3. The number of rotatable bonds is 3. The van der Waals surface area contributed by atoms with Crippen molar-refractivity contribution < 1.29 is 22.6 Å². The number of piperidine rings is 1. The van der Waals surface area contributed by atoms with Gasteiger partial charge in [-0.1, -0.05) is 0 Å². The number of methoxy groups -OCH3 is 2. The molecular weight excluding hydrogens is 373 g/mol. The number of anilines is 2. The number of halogens is 4. The third-order valence-electron chi connectivity index (χ3n) is 4.40. The van der Waals surface area contributed by atoms with Crippen molar-refractivity contribution in [3.63, 3.8) is 0 Å². The fourth-order valence-corrected chi connectivity index (χ4v) is 3.55. The van der Waals surface area contributed by atoms with Gasteiger partial charge in [0, 0.05) is 13.1 Å². The number of benzene rings is 1. The lowest BCUT2D eigenvalue weighted by atomic mass is 10.0. The molecule has 1 aliphatic rings. The first-order valence-corrected chi connectivity index (χ1v) is 8.40. The Morgan fingerprint density at radius 2 is 1.65 bits per heavy atom. The van der Waals surface area contributed by atoms with Crippen LogP contribution in [0.3, 0.4) is 0 Å². The Hall–Kier alpha value is -2.16. The summed E-state index contributed by atoms with van der Waals surface area (Å²) in [6.45, 7) is 1.31. The number of hydrogen-bond acceptors (Lipinski definition) is 6. The Kier molecular flexibility index (Phi) is 4.92. The Morgan fingerprint density at radius 1 is 1.04 bits per heavy atom. The van der Waals surface area contributed by atoms with E-state index < -0.39 is 17.5 Å². The molecule has 26 heavy (non-hydrogen) atoms. The molecule has 0 aliphatic carbocycles. The number of nitrogens with zero attached hydrogens (tertiary/aromatic N) is 3. The van der Waals surface area contributed by atoms with Crippen LogP contribution in [0.15, 0.2) is 0 Å². The molecule has 0 unspecified atom stereocenters. The first kappa shape index (κ1) is 18.6. The number of nitrogen functional groups attached to an aromatic ring is 1. The molecule has 2 N–H and O–H groups in total. The van der Waals surface area contributed by atoms with Crippen molar-refractivity contribution in [1.29, 1.82) is 0 Å². The summed E-state index contributed by atoms with van der Waals surface area (Å²) < 4.78 is 52.0. The fraction of sp³-hybridized carbons (Fsp3) is 0.500. The standard InChI is InChI=1S/C16H18ClF3N4O2/c1-25-12-9(16(18,19)20)8-10(22-15(17)23-14(8)21)11(13(12)26-2)24-6-4-3-5-7-24/h3-7H2,1-2H3,(H2,21,22,23). The van der Waals surface area contributed by atoms with Crippen LogP contribution in [0.2, 0.25) is 5.28 Å². The number of alkyl halides is 3. The first-order valence-electron chi connectivity index (χ1n) is 8.02. The van der Waals surface area contributed by atoms with Crippen molar-refractivity contribution in [3.8, 4) is 11.5 Å². The van der Waals surface area contributed by atoms with Gasteiger partial charge in [0.2, 0.25) is 5.28 Å². The van der Waals surface area contributed by atoms with E-state index in [9.17, 15) is 13.2 Å². The topological polar surface area (TPSA) is 73.5 Å². The van der Waals surface area contributed by atoms with E-state index in [4.69, 9.17) is 26.8 Å². The van der Waals surface area contributed by atoms with Gasteiger partial charge in [-0.25, -0.2) is 9.97 Å². The van der Waals surface area contributed by atoms with Gasteiger partial charge in [-0.15, -0.1) is 0 Å². The van der Waals surface area contributed by atoms with Crippen molar-refractivity contribution in [1.82, 2.24) is 9.97 Å². The lowest BCUT2D eigenvalue weighted by molar-refractivity contribution is -0.137. The van der Waals surface area contributed by atoms with Gasteiger partial charge in [0.15, 0.2) is 11.5 Å². The van der Waals surface area contributed by atoms with Crippen molar-refractivity contribution in [3.05, 3.63) is 10.8 Å². The Labute approximate surface area is 153 Å². The van der Waals surface area contributed by atoms with Crippen LogP contribution in [0.4, 0.5) is 24.7 Å². The van der Waals surface area contributed by atoms with Gasteiger partial charge in [0.05, 0.1) is 19.6 Å². The summed E-state index contributed by atoms with van der Waals surface area (Å²) in [7, 11) is 2.45. The van der Waals surface area contributed by atoms with E-state index in [0.29, 0.717) is 18.8 Å². The molecule has 6 nitrogen and oxygen atoms in total. The lowest BCUT2D eigenvalue weighted by Gasteiger charge is -2.32. The molecule has 10 heteroatoms. The van der Waals surface area contributed by atoms with Crippen LogP contribution in [-0.2, 0) is 6.18 Å². The van der Waals surface area contributed by atoms with E-state index in [2.05, 4.69) is 9.97 Å². The highest BCUT2D eigenvalue weighted by Crippen LogP contribution is 2.53. The Morgan fingerprint density at radius 3 is 2.19 bits per heavy atom. The van der Waals surface area contributed by atoms with Crippen molar-refractivity contribution in [2.24, 2.45) is 0 Å². The highest BCUT2D eigenvalue weighted by atomic mass is 35.5. The molecule has 1 fully saturated rings. The maximum absolute atomic E-state index is 13.8. The van der Waals surface area contributed by atoms with Crippen LogP contribution < -0.4 is 20.1 Å². The second-order valence-corrected chi connectivity index (χ2v) is 6.28. The van der Waals surface area contributed by atoms with Gasteiger partial charge in [-0.3, -0.25) is 0 Å². The molecule has 1 saturated heterocycles. The third-order valence-corrected chi connectivity index (χ3v) is 4.57. The normalized spacial score (nSPS) is 15.4. The SMILES string of the molecule is COc1c(OC)c(C(F)(F)F)c2c(N)nc(Cl)nc2c1N1CCCCC1. The van der Waals surface area contributed by atoms with Crippen LogP contribution in [0.1, 0.15) is 24.8 Å². The zero-order valence-electron chi connectivity index (χ0n) is 14.3. The summed E-state index contributed by atoms with van der Waals surface area (Å²) >= 11 is 5.90. The molecule has 0 atom stereocenters. The van der Waals surface area contributed by atoms with Crippen molar-refractivity contribution >= 4 is 34.0 Å². The average Bonchev–Trinajstić information content (AvgIpc) is 2.59. The van der Waals surface area contributed by atoms with Crippen LogP contribution in [0.25, 0.3) is 10.9 Å². The summed E-state index contributed by atoms with van der Waals surface area (Å²) in [6.07, 6.45) is -1.89. The largest absolute Gasteiger partial charge is 0.492 e. The van der Waals surface area contributed by atoms with Gasteiger partial charge in [0.25, 0.3) is 0 Å². The second-order valence-electron chi connectivity index (χ2n) is 5.94. The Balaban J connectivity index is 2.49. The predicted molar refractivity (Wildman–Crippen MR) is 93.1 cm³/mol. The number of aromatic nitrogens is 2. The molecule has 0 bridgehead atoms. The minimum Gasteiger partial charge on any atom is -0.492 e. The van der Waals surface area contributed by atoms with Gasteiger partial charge >= 0.3 is 6.18 Å². The lowest BCUT2D eigenvalue weighted by Crippen LogP contribution is -2.30. The van der Waals surface area contributed by atoms with Gasteiger partial charge < -0.3 is 20.1 Å². The van der Waals surface area contributed by atoms with E-state index in [1.807, 2.05) is 4.90 Å². The Bertz CT molecular complexity index is 839. The minimum atomic E-state index is -4.75. The molecule has 1 aliphatic heterocycles. The van der Waals surface area contributed by atoms with E-state index >= 15 is 0 Å². The fourth-order valence-electron chi connectivity index (χ4n) is 3.38. The second kappa shape index (κ2) is 6.86. The summed E-state index contributed by atoms with van der Waals surface area (Å²) in [5.74, 6) is -0.833. The van der Waals surface area contributed by atoms with E-state index in [0.717, 1.165) is 26.4 Å². The summed E-state index contributed by atoms with van der Waals surface area (Å²) in [5, 5.41) is -0.561. The molecule has 0 amide bonds. The van der Waals surface area contributed by atoms with E-state index in [1.54, 1.807) is 0 Å². The van der Waals surface area contributed by atoms with Crippen LogP contribution in [0, 0.1) is 0 Å². The molecule has 1 aromatic carbocycles. The quantitative estimate of drug-likeness (QED) is 0.801. The molecule has 3 rings (SSSR count). The molecule has 2 aromatic rings. The van der Waals surface area contributed by atoms with Crippen molar-refractivity contribution in [2.45, 2.75) is 25.4 Å². The molecule has 0 spiro atoms. The van der Waals surface area contributed by atoms with Crippen molar-refractivity contribution in [2.75, 3.05) is 37.9 Å². The maximum atomic E-state index is 13.8. The minimum absolute atomic E-state index is 0.00868. The number of fused-ring (bicyclic) bond motifs is 1. The molecule has 1 aromatic heterocycles. The van der Waals surface area contributed by atoms with E-state index in [1.165, 1.54) is 7.11 Å². The summed E-state index contributed by atoms with van der Waals surface area (Å²) in [4.78, 5) is 9.70. The van der Waals surface area contributed by atoms with Gasteiger partial charge in [-0.2, -0.15) is 13.2 Å². The maximum Gasteiger partial charge on any atom is 0.420 e. The van der Waals surface area contributed by atoms with E-state index in [-0.39, 0.29) is 27.8 Å². The van der Waals surface area contributed by atoms with Crippen LogP contribution in [-0.4, -0.2) is 37.3 Å². The average molecular weight is 391 g/mol. The highest BCUT2D eigenvalue weighted by molar-refractivity contribution is 6.29. The smallest absolute Gasteiger partial charge is 0.420 e. The number of hydrogen-bond donors (Lipinski definition) is 1. The molecular formula is C16H18ClF3N4O2. The molecule has 0 saturated carbocycles.